The van der Waals surface area contributed by atoms with Crippen LogP contribution in [0.2, 0.25) is 0 Å². The molecule has 1 aliphatic heterocycles. The van der Waals surface area contributed by atoms with Gasteiger partial charge in [0.2, 0.25) is 0 Å². The van der Waals surface area contributed by atoms with Gasteiger partial charge in [-0.05, 0) is 73.3 Å². The lowest BCUT2D eigenvalue weighted by molar-refractivity contribution is -0.138. The molecular formula is C34H42F3N3O4. The average molecular weight is 614 g/mol. The van der Waals surface area contributed by atoms with Crippen LogP contribution in [0.1, 0.15) is 112 Å². The molecule has 1 spiro atoms. The molecule has 2 aromatic rings. The third-order valence-corrected chi connectivity index (χ3v) is 8.99. The highest BCUT2D eigenvalue weighted by Crippen LogP contribution is 2.50. The second-order valence-corrected chi connectivity index (χ2v) is 13.0. The van der Waals surface area contributed by atoms with E-state index in [0.717, 1.165) is 43.4 Å². The van der Waals surface area contributed by atoms with Crippen LogP contribution in [0.25, 0.3) is 0 Å². The van der Waals surface area contributed by atoms with E-state index in [1.807, 2.05) is 4.90 Å². The molecule has 0 radical (unpaired) electrons. The Balaban J connectivity index is 1.72. The standard InChI is InChI=1S/C34H42F3N3O4/c1-5-6-10-27(22-11-13-23(14-12-22)30(43)38-20-17-28(41)42)40-31(44)29(24-8-7-9-26(21-24)34(35,36)37)39-33(40)18-15-25(16-19-33)32(2,3)4/h7-9,11-14,21,25,27H,5-6,10,15-20H2,1-4H3,(H,38,43)(H,41,42). The molecule has 238 valence electrons. The average Bonchev–Trinajstić information content (AvgIpc) is 3.23. The second kappa shape index (κ2) is 13.1. The van der Waals surface area contributed by atoms with Crippen molar-refractivity contribution in [2.24, 2.45) is 16.3 Å². The van der Waals surface area contributed by atoms with Crippen LogP contribution in [0.4, 0.5) is 13.2 Å². The Labute approximate surface area is 256 Å². The van der Waals surface area contributed by atoms with Gasteiger partial charge in [-0.25, -0.2) is 0 Å². The first-order valence-corrected chi connectivity index (χ1v) is 15.4. The van der Waals surface area contributed by atoms with E-state index >= 15 is 0 Å². The van der Waals surface area contributed by atoms with E-state index in [1.54, 1.807) is 24.3 Å². The number of nitrogens with zero attached hydrogens (tertiary/aromatic N) is 2. The Morgan fingerprint density at radius 1 is 1.09 bits per heavy atom. The largest absolute Gasteiger partial charge is 0.481 e. The highest BCUT2D eigenvalue weighted by atomic mass is 19.4. The van der Waals surface area contributed by atoms with E-state index in [-0.39, 0.29) is 35.6 Å². The smallest absolute Gasteiger partial charge is 0.416 e. The van der Waals surface area contributed by atoms with Gasteiger partial charge in [0, 0.05) is 17.7 Å². The minimum Gasteiger partial charge on any atom is -0.481 e. The zero-order valence-corrected chi connectivity index (χ0v) is 25.8. The number of carbonyl (C=O) groups excluding carboxylic acids is 2. The summed E-state index contributed by atoms with van der Waals surface area (Å²) in [5.41, 5.74) is -0.240. The summed E-state index contributed by atoms with van der Waals surface area (Å²) in [5, 5.41) is 11.4. The molecule has 2 N–H and O–H groups in total. The van der Waals surface area contributed by atoms with Gasteiger partial charge in [-0.15, -0.1) is 0 Å². The minimum absolute atomic E-state index is 0.00502. The van der Waals surface area contributed by atoms with E-state index < -0.39 is 35.3 Å². The van der Waals surface area contributed by atoms with Gasteiger partial charge in [0.15, 0.2) is 0 Å². The fourth-order valence-electron chi connectivity index (χ4n) is 6.46. The van der Waals surface area contributed by atoms with E-state index in [1.165, 1.54) is 12.1 Å². The van der Waals surface area contributed by atoms with E-state index in [9.17, 15) is 27.6 Å². The molecule has 0 bridgehead atoms. The molecule has 0 saturated heterocycles. The van der Waals surface area contributed by atoms with Crippen LogP contribution in [0.15, 0.2) is 53.5 Å². The summed E-state index contributed by atoms with van der Waals surface area (Å²) in [6.45, 7) is 8.67. The van der Waals surface area contributed by atoms with Crippen molar-refractivity contribution in [1.82, 2.24) is 10.2 Å². The number of carbonyl (C=O) groups is 3. The number of hydrogen-bond acceptors (Lipinski definition) is 4. The first-order valence-electron chi connectivity index (χ1n) is 15.4. The molecule has 2 aliphatic rings. The number of halogens is 3. The Morgan fingerprint density at radius 2 is 1.75 bits per heavy atom. The van der Waals surface area contributed by atoms with Crippen LogP contribution in [0, 0.1) is 11.3 Å². The number of carboxylic acids is 1. The van der Waals surface area contributed by atoms with Crippen molar-refractivity contribution in [3.05, 3.63) is 70.8 Å². The molecule has 44 heavy (non-hydrogen) atoms. The lowest BCUT2D eigenvalue weighted by Crippen LogP contribution is -2.51. The second-order valence-electron chi connectivity index (χ2n) is 13.0. The summed E-state index contributed by atoms with van der Waals surface area (Å²) in [5.74, 6) is -1.36. The molecular weight excluding hydrogens is 571 g/mol. The van der Waals surface area contributed by atoms with Crippen LogP contribution in [0.5, 0.6) is 0 Å². The molecule has 10 heteroatoms. The van der Waals surface area contributed by atoms with Gasteiger partial charge in [-0.1, -0.05) is 64.8 Å². The van der Waals surface area contributed by atoms with E-state index in [4.69, 9.17) is 10.1 Å². The lowest BCUT2D eigenvalue weighted by atomic mass is 9.69. The molecule has 1 fully saturated rings. The van der Waals surface area contributed by atoms with Gasteiger partial charge in [0.25, 0.3) is 11.8 Å². The molecule has 2 aromatic carbocycles. The number of benzene rings is 2. The normalized spacial score (nSPS) is 21.3. The molecule has 1 atom stereocenters. The maximum atomic E-state index is 14.3. The third-order valence-electron chi connectivity index (χ3n) is 8.99. The number of alkyl halides is 3. The van der Waals surface area contributed by atoms with Gasteiger partial charge < -0.3 is 15.3 Å². The summed E-state index contributed by atoms with van der Waals surface area (Å²) in [4.78, 5) is 44.6. The van der Waals surface area contributed by atoms with Crippen LogP contribution in [0.3, 0.4) is 0 Å². The van der Waals surface area contributed by atoms with Crippen LogP contribution >= 0.6 is 0 Å². The fourth-order valence-corrected chi connectivity index (χ4v) is 6.46. The van der Waals surface area contributed by atoms with Gasteiger partial charge in [-0.3, -0.25) is 19.4 Å². The van der Waals surface area contributed by atoms with Crippen molar-refractivity contribution >= 4 is 23.5 Å². The van der Waals surface area contributed by atoms with Crippen molar-refractivity contribution in [2.75, 3.05) is 6.54 Å². The number of aliphatic carboxylic acids is 1. The Hall–Kier alpha value is -3.69. The maximum Gasteiger partial charge on any atom is 0.416 e. The van der Waals surface area contributed by atoms with Crippen molar-refractivity contribution < 1.29 is 32.7 Å². The summed E-state index contributed by atoms with van der Waals surface area (Å²) in [6, 6.07) is 11.3. The maximum absolute atomic E-state index is 14.3. The van der Waals surface area contributed by atoms with E-state index in [2.05, 4.69) is 33.0 Å². The molecule has 1 aliphatic carbocycles. The van der Waals surface area contributed by atoms with Crippen LogP contribution in [-0.2, 0) is 15.8 Å². The predicted molar refractivity (Wildman–Crippen MR) is 162 cm³/mol. The first-order chi connectivity index (χ1) is 20.7. The first kappa shape index (κ1) is 33.2. The topological polar surface area (TPSA) is 99.1 Å². The number of amides is 2. The SMILES string of the molecule is CCCCC(c1ccc(C(=O)NCCC(=O)O)cc1)N1C(=O)C(c2cccc(C(F)(F)F)c2)=NC12CCC(C(C)(C)C)CC2. The van der Waals surface area contributed by atoms with Gasteiger partial charge in [0.1, 0.15) is 11.4 Å². The molecule has 1 saturated carbocycles. The molecule has 7 nitrogen and oxygen atoms in total. The fraction of sp³-hybridized carbons (Fsp3) is 0.529. The molecule has 1 unspecified atom stereocenters. The summed E-state index contributed by atoms with van der Waals surface area (Å²) in [7, 11) is 0. The lowest BCUT2D eigenvalue weighted by Gasteiger charge is -2.47. The summed E-state index contributed by atoms with van der Waals surface area (Å²) in [6.07, 6.45) is 0.464. The predicted octanol–water partition coefficient (Wildman–Crippen LogP) is 7.41. The number of nitrogens with one attached hydrogen (secondary N) is 1. The summed E-state index contributed by atoms with van der Waals surface area (Å²) < 4.78 is 40.9. The Bertz CT molecular complexity index is 1390. The van der Waals surface area contributed by atoms with Crippen molar-refractivity contribution in [1.29, 1.82) is 0 Å². The van der Waals surface area contributed by atoms with Gasteiger partial charge >= 0.3 is 12.1 Å². The molecule has 0 aromatic heterocycles. The third kappa shape index (κ3) is 7.33. The zero-order chi connectivity index (χ0) is 32.3. The molecule has 2 amide bonds. The molecule has 4 rings (SSSR count). The van der Waals surface area contributed by atoms with Gasteiger partial charge in [-0.2, -0.15) is 13.2 Å². The van der Waals surface area contributed by atoms with Crippen molar-refractivity contribution in [2.45, 2.75) is 96.9 Å². The Kier molecular flexibility index (Phi) is 9.90. The number of unbranched alkanes of at least 4 members (excludes halogenated alkanes) is 1. The van der Waals surface area contributed by atoms with Crippen LogP contribution < -0.4 is 5.32 Å². The Morgan fingerprint density at radius 3 is 2.32 bits per heavy atom. The summed E-state index contributed by atoms with van der Waals surface area (Å²) >= 11 is 0. The monoisotopic (exact) mass is 613 g/mol. The number of aliphatic imine (C=N–C) groups is 1. The highest BCUT2D eigenvalue weighted by molar-refractivity contribution is 6.46. The van der Waals surface area contributed by atoms with Gasteiger partial charge in [0.05, 0.1) is 18.0 Å². The quantitative estimate of drug-likeness (QED) is 0.292. The highest BCUT2D eigenvalue weighted by Gasteiger charge is 2.52. The number of hydrogen-bond donors (Lipinski definition) is 2. The number of rotatable bonds is 10. The van der Waals surface area contributed by atoms with Crippen molar-refractivity contribution in [3.8, 4) is 0 Å². The minimum atomic E-state index is -4.55. The molecule has 1 heterocycles. The van der Waals surface area contributed by atoms with Crippen LogP contribution in [-0.4, -0.2) is 45.7 Å². The van der Waals surface area contributed by atoms with E-state index in [0.29, 0.717) is 30.7 Å². The van der Waals surface area contributed by atoms with Crippen molar-refractivity contribution in [3.63, 3.8) is 0 Å². The number of carboxylic acid groups (broad SMARTS) is 1. The zero-order valence-electron chi connectivity index (χ0n) is 25.8.